The molecule has 0 amide bonds. The van der Waals surface area contributed by atoms with E-state index < -0.39 is 0 Å². The first-order valence-electron chi connectivity index (χ1n) is 6.02. The number of benzene rings is 2. The number of fused-ring (bicyclic) bond motifs is 1. The van der Waals surface area contributed by atoms with Crippen molar-refractivity contribution in [2.45, 2.75) is 13.0 Å². The molecule has 0 unspecified atom stereocenters. The van der Waals surface area contributed by atoms with Gasteiger partial charge in [0.25, 0.3) is 0 Å². The second-order valence-electron chi connectivity index (χ2n) is 4.43. The second-order valence-corrected chi connectivity index (χ2v) is 4.86. The minimum Gasteiger partial charge on any atom is -0.493 e. The molecule has 3 heteroatoms. The Hall–Kier alpha value is -1.51. The summed E-state index contributed by atoms with van der Waals surface area (Å²) in [6.07, 6.45) is 0.981. The zero-order valence-corrected chi connectivity index (χ0v) is 10.7. The standard InChI is InChI=1S/C15H14ClNO/c16-13-2-3-14(12(8-13)9-17)10-1-4-15-11(7-10)5-6-18-15/h1-4,7-8H,5-6,9,17H2. The van der Waals surface area contributed by atoms with Crippen molar-refractivity contribution < 1.29 is 4.74 Å². The van der Waals surface area contributed by atoms with Gasteiger partial charge in [0.05, 0.1) is 6.61 Å². The number of rotatable bonds is 2. The Morgan fingerprint density at radius 2 is 2.06 bits per heavy atom. The lowest BCUT2D eigenvalue weighted by atomic mass is 9.97. The van der Waals surface area contributed by atoms with Crippen LogP contribution in [0.1, 0.15) is 11.1 Å². The van der Waals surface area contributed by atoms with Crippen molar-refractivity contribution in [1.29, 1.82) is 0 Å². The molecule has 3 rings (SSSR count). The first-order chi connectivity index (χ1) is 8.78. The van der Waals surface area contributed by atoms with E-state index in [0.29, 0.717) is 6.54 Å². The molecule has 1 aliphatic rings. The lowest BCUT2D eigenvalue weighted by Gasteiger charge is -2.10. The van der Waals surface area contributed by atoms with Crippen molar-refractivity contribution in [2.75, 3.05) is 6.61 Å². The van der Waals surface area contributed by atoms with Crippen LogP contribution in [0, 0.1) is 0 Å². The van der Waals surface area contributed by atoms with E-state index >= 15 is 0 Å². The van der Waals surface area contributed by atoms with Crippen molar-refractivity contribution in [1.82, 2.24) is 0 Å². The normalized spacial score (nSPS) is 13.2. The van der Waals surface area contributed by atoms with Gasteiger partial charge in [0, 0.05) is 18.0 Å². The Labute approximate surface area is 111 Å². The van der Waals surface area contributed by atoms with Gasteiger partial charge in [0.15, 0.2) is 0 Å². The van der Waals surface area contributed by atoms with Gasteiger partial charge in [-0.15, -0.1) is 0 Å². The molecule has 2 aromatic rings. The fourth-order valence-electron chi connectivity index (χ4n) is 2.37. The zero-order chi connectivity index (χ0) is 12.5. The van der Waals surface area contributed by atoms with Gasteiger partial charge in [0.2, 0.25) is 0 Å². The Morgan fingerprint density at radius 1 is 1.17 bits per heavy atom. The van der Waals surface area contributed by atoms with Crippen LogP contribution in [0.2, 0.25) is 5.02 Å². The SMILES string of the molecule is NCc1cc(Cl)ccc1-c1ccc2c(c1)CCO2. The minimum atomic E-state index is 0.490. The van der Waals surface area contributed by atoms with Gasteiger partial charge >= 0.3 is 0 Å². The third-order valence-corrected chi connectivity index (χ3v) is 3.52. The lowest BCUT2D eigenvalue weighted by Crippen LogP contribution is -1.99. The van der Waals surface area contributed by atoms with Crippen LogP contribution in [0.5, 0.6) is 5.75 Å². The van der Waals surface area contributed by atoms with E-state index in [-0.39, 0.29) is 0 Å². The maximum atomic E-state index is 6.00. The van der Waals surface area contributed by atoms with E-state index in [4.69, 9.17) is 22.1 Å². The Balaban J connectivity index is 2.09. The summed E-state index contributed by atoms with van der Waals surface area (Å²) < 4.78 is 5.52. The van der Waals surface area contributed by atoms with Crippen molar-refractivity contribution in [3.63, 3.8) is 0 Å². The first-order valence-corrected chi connectivity index (χ1v) is 6.40. The average Bonchev–Trinajstić information content (AvgIpc) is 2.85. The van der Waals surface area contributed by atoms with Crippen LogP contribution in [-0.4, -0.2) is 6.61 Å². The fraction of sp³-hybridized carbons (Fsp3) is 0.200. The summed E-state index contributed by atoms with van der Waals surface area (Å²) in [6, 6.07) is 12.2. The summed E-state index contributed by atoms with van der Waals surface area (Å²) in [5, 5.41) is 0.726. The fourth-order valence-corrected chi connectivity index (χ4v) is 2.56. The lowest BCUT2D eigenvalue weighted by molar-refractivity contribution is 0.357. The zero-order valence-electron chi connectivity index (χ0n) is 9.95. The first kappa shape index (κ1) is 11.6. The van der Waals surface area contributed by atoms with Crippen LogP contribution in [0.3, 0.4) is 0 Å². The highest BCUT2D eigenvalue weighted by Crippen LogP contribution is 2.32. The summed E-state index contributed by atoms with van der Waals surface area (Å²) in [6.45, 7) is 1.27. The van der Waals surface area contributed by atoms with Crippen molar-refractivity contribution in [3.05, 3.63) is 52.5 Å². The Bertz CT molecular complexity index is 595. The molecule has 18 heavy (non-hydrogen) atoms. The molecule has 0 atom stereocenters. The van der Waals surface area contributed by atoms with Crippen molar-refractivity contribution in [3.8, 4) is 16.9 Å². The van der Waals surface area contributed by atoms with Crippen LogP contribution in [0.25, 0.3) is 11.1 Å². The van der Waals surface area contributed by atoms with Crippen molar-refractivity contribution in [2.24, 2.45) is 5.73 Å². The Morgan fingerprint density at radius 3 is 2.89 bits per heavy atom. The Kier molecular flexibility index (Phi) is 2.98. The second kappa shape index (κ2) is 4.63. The number of hydrogen-bond acceptors (Lipinski definition) is 2. The van der Waals surface area contributed by atoms with Crippen LogP contribution >= 0.6 is 11.6 Å². The molecule has 1 aliphatic heterocycles. The highest BCUT2D eigenvalue weighted by molar-refractivity contribution is 6.30. The van der Waals surface area contributed by atoms with E-state index in [1.807, 2.05) is 24.3 Å². The van der Waals surface area contributed by atoms with Gasteiger partial charge < -0.3 is 10.5 Å². The smallest absolute Gasteiger partial charge is 0.122 e. The largest absolute Gasteiger partial charge is 0.493 e. The van der Waals surface area contributed by atoms with Gasteiger partial charge in [-0.1, -0.05) is 23.7 Å². The topological polar surface area (TPSA) is 35.2 Å². The maximum absolute atomic E-state index is 6.00. The van der Waals surface area contributed by atoms with Gasteiger partial charge in [0.1, 0.15) is 5.75 Å². The molecule has 0 spiro atoms. The van der Waals surface area contributed by atoms with Gasteiger partial charge in [-0.3, -0.25) is 0 Å². The van der Waals surface area contributed by atoms with E-state index in [1.54, 1.807) is 0 Å². The molecule has 0 saturated heterocycles. The molecular formula is C15H14ClNO. The molecule has 0 aromatic heterocycles. The van der Waals surface area contributed by atoms with Crippen LogP contribution < -0.4 is 10.5 Å². The molecule has 2 nitrogen and oxygen atoms in total. The maximum Gasteiger partial charge on any atom is 0.122 e. The quantitative estimate of drug-likeness (QED) is 0.897. The van der Waals surface area contributed by atoms with Gasteiger partial charge in [-0.25, -0.2) is 0 Å². The predicted octanol–water partition coefficient (Wildman–Crippen LogP) is 3.40. The molecule has 0 saturated carbocycles. The molecular weight excluding hydrogens is 246 g/mol. The van der Waals surface area contributed by atoms with Crippen LogP contribution in [0.15, 0.2) is 36.4 Å². The highest BCUT2D eigenvalue weighted by Gasteiger charge is 2.13. The minimum absolute atomic E-state index is 0.490. The summed E-state index contributed by atoms with van der Waals surface area (Å²) in [5.74, 6) is 1.00. The van der Waals surface area contributed by atoms with Gasteiger partial charge in [-0.2, -0.15) is 0 Å². The third-order valence-electron chi connectivity index (χ3n) is 3.29. The molecule has 0 fully saturated rings. The number of nitrogens with two attached hydrogens (primary N) is 1. The summed E-state index contributed by atoms with van der Waals surface area (Å²) in [5.41, 5.74) is 10.5. The van der Waals surface area contributed by atoms with E-state index in [0.717, 1.165) is 34.9 Å². The summed E-state index contributed by atoms with van der Waals surface area (Å²) in [7, 11) is 0. The molecule has 0 radical (unpaired) electrons. The van der Waals surface area contributed by atoms with Crippen LogP contribution in [-0.2, 0) is 13.0 Å². The summed E-state index contributed by atoms with van der Waals surface area (Å²) >= 11 is 6.00. The number of ether oxygens (including phenoxy) is 1. The third kappa shape index (κ3) is 1.98. The van der Waals surface area contributed by atoms with Crippen molar-refractivity contribution >= 4 is 11.6 Å². The average molecular weight is 260 g/mol. The van der Waals surface area contributed by atoms with E-state index in [1.165, 1.54) is 11.1 Å². The molecule has 1 heterocycles. The highest BCUT2D eigenvalue weighted by atomic mass is 35.5. The van der Waals surface area contributed by atoms with Gasteiger partial charge in [-0.05, 0) is 46.5 Å². The molecule has 2 aromatic carbocycles. The molecule has 92 valence electrons. The monoisotopic (exact) mass is 259 g/mol. The number of hydrogen-bond donors (Lipinski definition) is 1. The molecule has 2 N–H and O–H groups in total. The van der Waals surface area contributed by atoms with E-state index in [9.17, 15) is 0 Å². The molecule has 0 bridgehead atoms. The number of halogens is 1. The van der Waals surface area contributed by atoms with E-state index in [2.05, 4.69) is 12.1 Å². The molecule has 0 aliphatic carbocycles. The summed E-state index contributed by atoms with van der Waals surface area (Å²) in [4.78, 5) is 0. The predicted molar refractivity (Wildman–Crippen MR) is 74.0 cm³/mol. The van der Waals surface area contributed by atoms with Crippen LogP contribution in [0.4, 0.5) is 0 Å².